The third-order valence-electron chi connectivity index (χ3n) is 2.98. The fourth-order valence-electron chi connectivity index (χ4n) is 1.96. The third-order valence-corrected chi connectivity index (χ3v) is 3.70. The van der Waals surface area contributed by atoms with Crippen LogP contribution in [0, 0.1) is 0 Å². The number of benzene rings is 1. The highest BCUT2D eigenvalue weighted by molar-refractivity contribution is 9.09. The van der Waals surface area contributed by atoms with Crippen LogP contribution in [0.3, 0.4) is 0 Å². The van der Waals surface area contributed by atoms with Crippen LogP contribution in [0.4, 0.5) is 0 Å². The highest BCUT2D eigenvalue weighted by Gasteiger charge is 2.36. The van der Waals surface area contributed by atoms with Gasteiger partial charge in [0.05, 0.1) is 18.8 Å². The van der Waals surface area contributed by atoms with Crippen molar-refractivity contribution in [3.63, 3.8) is 0 Å². The summed E-state index contributed by atoms with van der Waals surface area (Å²) in [5.74, 6) is 0. The summed E-state index contributed by atoms with van der Waals surface area (Å²) in [6.07, 6.45) is -2.15. The predicted molar refractivity (Wildman–Crippen MR) is 70.3 cm³/mol. The van der Waals surface area contributed by atoms with E-state index in [4.69, 9.17) is 9.47 Å². The van der Waals surface area contributed by atoms with E-state index in [1.54, 1.807) is 0 Å². The lowest BCUT2D eigenvalue weighted by Crippen LogP contribution is -2.49. The number of hydrogen-bond donors (Lipinski definition) is 2. The smallest absolute Gasteiger partial charge is 0.183 e. The van der Waals surface area contributed by atoms with Crippen molar-refractivity contribution >= 4 is 15.9 Å². The maximum Gasteiger partial charge on any atom is 0.183 e. The molecule has 0 aliphatic carbocycles. The van der Waals surface area contributed by atoms with Crippen molar-refractivity contribution in [1.29, 1.82) is 0 Å². The van der Waals surface area contributed by atoms with Gasteiger partial charge in [-0.05, 0) is 5.56 Å². The Hall–Kier alpha value is -0.460. The van der Waals surface area contributed by atoms with Gasteiger partial charge in [0.15, 0.2) is 6.29 Å². The first-order valence-electron chi connectivity index (χ1n) is 5.94. The van der Waals surface area contributed by atoms with Crippen molar-refractivity contribution < 1.29 is 19.7 Å². The van der Waals surface area contributed by atoms with Gasteiger partial charge in [-0.2, -0.15) is 0 Å². The minimum atomic E-state index is -1.18. The van der Waals surface area contributed by atoms with E-state index in [9.17, 15) is 10.2 Å². The van der Waals surface area contributed by atoms with Crippen LogP contribution >= 0.6 is 15.9 Å². The molecule has 1 fully saturated rings. The predicted octanol–water partition coefficient (Wildman–Crippen LogP) is 1.43. The number of alkyl halides is 1. The second-order valence-corrected chi connectivity index (χ2v) is 5.01. The zero-order valence-corrected chi connectivity index (χ0v) is 11.5. The molecule has 1 aromatic rings. The van der Waals surface area contributed by atoms with Crippen molar-refractivity contribution in [2.75, 3.05) is 5.33 Å². The summed E-state index contributed by atoms with van der Waals surface area (Å²) in [5, 5.41) is 20.0. The summed E-state index contributed by atoms with van der Waals surface area (Å²) in [5.41, 5.74) is 1.04. The van der Waals surface area contributed by atoms with Crippen molar-refractivity contribution in [1.82, 2.24) is 0 Å². The average molecular weight is 317 g/mol. The zero-order valence-electron chi connectivity index (χ0n) is 9.91. The Labute approximate surface area is 115 Å². The Balaban J connectivity index is 1.91. The van der Waals surface area contributed by atoms with E-state index in [1.807, 2.05) is 30.3 Å². The molecule has 18 heavy (non-hydrogen) atoms. The van der Waals surface area contributed by atoms with E-state index in [1.165, 1.54) is 0 Å². The van der Waals surface area contributed by atoms with Gasteiger partial charge in [0, 0.05) is 11.8 Å². The molecule has 4 atom stereocenters. The lowest BCUT2D eigenvalue weighted by atomic mass is 10.0. The van der Waals surface area contributed by atoms with Crippen LogP contribution in [0.5, 0.6) is 0 Å². The summed E-state index contributed by atoms with van der Waals surface area (Å²) >= 11 is 3.31. The van der Waals surface area contributed by atoms with Gasteiger partial charge < -0.3 is 19.7 Å². The van der Waals surface area contributed by atoms with Crippen LogP contribution in [-0.4, -0.2) is 40.1 Å². The first kappa shape index (κ1) is 14.0. The molecule has 100 valence electrons. The third kappa shape index (κ3) is 3.52. The SMILES string of the molecule is O[C@@H]1[C@@H](O)O[C@H](CBr)C[C@H]1OCc1ccccc1. The highest BCUT2D eigenvalue weighted by Crippen LogP contribution is 2.23. The maximum absolute atomic E-state index is 9.81. The van der Waals surface area contributed by atoms with Gasteiger partial charge in [0.2, 0.25) is 0 Å². The van der Waals surface area contributed by atoms with Gasteiger partial charge in [0.1, 0.15) is 6.10 Å². The van der Waals surface area contributed by atoms with Gasteiger partial charge >= 0.3 is 0 Å². The molecule has 0 spiro atoms. The molecule has 2 N–H and O–H groups in total. The summed E-state index contributed by atoms with van der Waals surface area (Å²) in [6, 6.07) is 9.75. The number of halogens is 1. The van der Waals surface area contributed by atoms with Crippen LogP contribution < -0.4 is 0 Å². The van der Waals surface area contributed by atoms with Crippen LogP contribution in [0.1, 0.15) is 12.0 Å². The Morgan fingerprint density at radius 3 is 2.67 bits per heavy atom. The van der Waals surface area contributed by atoms with E-state index >= 15 is 0 Å². The zero-order chi connectivity index (χ0) is 13.0. The Morgan fingerprint density at radius 1 is 1.28 bits per heavy atom. The van der Waals surface area contributed by atoms with Gasteiger partial charge in [-0.15, -0.1) is 0 Å². The topological polar surface area (TPSA) is 58.9 Å². The summed E-state index contributed by atoms with van der Waals surface area (Å²) in [6.45, 7) is 0.421. The fraction of sp³-hybridized carbons (Fsp3) is 0.538. The standard InChI is InChI=1S/C13H17BrO4/c14-7-10-6-11(12(15)13(16)18-10)17-8-9-4-2-1-3-5-9/h1-5,10-13,15-16H,6-8H2/t10-,11+,12-,13-/m0/s1. The number of rotatable bonds is 4. The lowest BCUT2D eigenvalue weighted by Gasteiger charge is -2.36. The first-order chi connectivity index (χ1) is 8.70. The Bertz CT molecular complexity index is 359. The minimum Gasteiger partial charge on any atom is -0.385 e. The molecular formula is C13H17BrO4. The summed E-state index contributed by atoms with van der Waals surface area (Å²) in [4.78, 5) is 0. The van der Waals surface area contributed by atoms with E-state index in [0.29, 0.717) is 18.4 Å². The lowest BCUT2D eigenvalue weighted by molar-refractivity contribution is -0.251. The van der Waals surface area contributed by atoms with Crippen LogP contribution in [-0.2, 0) is 16.1 Å². The first-order valence-corrected chi connectivity index (χ1v) is 7.06. The molecule has 2 rings (SSSR count). The molecule has 0 amide bonds. The molecule has 1 aliphatic rings. The van der Waals surface area contributed by atoms with Crippen LogP contribution in [0.2, 0.25) is 0 Å². The number of hydrogen-bond acceptors (Lipinski definition) is 4. The molecule has 5 heteroatoms. The number of ether oxygens (including phenoxy) is 2. The fourth-order valence-corrected chi connectivity index (χ4v) is 2.38. The molecule has 0 saturated carbocycles. The minimum absolute atomic E-state index is 0.135. The molecule has 0 unspecified atom stereocenters. The van der Waals surface area contributed by atoms with E-state index in [2.05, 4.69) is 15.9 Å². The average Bonchev–Trinajstić information content (AvgIpc) is 2.41. The largest absolute Gasteiger partial charge is 0.385 e. The van der Waals surface area contributed by atoms with Gasteiger partial charge in [-0.25, -0.2) is 0 Å². The molecule has 0 aromatic heterocycles. The van der Waals surface area contributed by atoms with Gasteiger partial charge in [0.25, 0.3) is 0 Å². The Morgan fingerprint density at radius 2 is 2.00 bits per heavy atom. The van der Waals surface area contributed by atoms with E-state index in [0.717, 1.165) is 5.56 Å². The van der Waals surface area contributed by atoms with Gasteiger partial charge in [-0.1, -0.05) is 46.3 Å². The molecule has 0 bridgehead atoms. The Kier molecular flexibility index (Phi) is 5.14. The van der Waals surface area contributed by atoms with Gasteiger partial charge in [-0.3, -0.25) is 0 Å². The molecular weight excluding hydrogens is 300 g/mol. The van der Waals surface area contributed by atoms with Crippen LogP contribution in [0.15, 0.2) is 30.3 Å². The molecule has 1 aromatic carbocycles. The highest BCUT2D eigenvalue weighted by atomic mass is 79.9. The van der Waals surface area contributed by atoms with Crippen molar-refractivity contribution in [2.24, 2.45) is 0 Å². The summed E-state index contributed by atoms with van der Waals surface area (Å²) in [7, 11) is 0. The molecule has 1 aliphatic heterocycles. The molecule has 1 heterocycles. The number of aliphatic hydroxyl groups is 2. The van der Waals surface area contributed by atoms with E-state index in [-0.39, 0.29) is 6.10 Å². The number of aliphatic hydroxyl groups excluding tert-OH is 2. The van der Waals surface area contributed by atoms with E-state index < -0.39 is 18.5 Å². The normalized spacial score (nSPS) is 32.4. The van der Waals surface area contributed by atoms with Crippen molar-refractivity contribution in [3.05, 3.63) is 35.9 Å². The van der Waals surface area contributed by atoms with Crippen molar-refractivity contribution in [2.45, 2.75) is 37.6 Å². The summed E-state index contributed by atoms with van der Waals surface area (Å²) < 4.78 is 10.9. The maximum atomic E-state index is 9.81. The van der Waals surface area contributed by atoms with Crippen molar-refractivity contribution in [3.8, 4) is 0 Å². The second kappa shape index (κ2) is 6.63. The quantitative estimate of drug-likeness (QED) is 0.825. The van der Waals surface area contributed by atoms with Crippen LogP contribution in [0.25, 0.3) is 0 Å². The molecule has 4 nitrogen and oxygen atoms in total. The second-order valence-electron chi connectivity index (χ2n) is 4.36. The molecule has 0 radical (unpaired) electrons. The molecule has 1 saturated heterocycles. The monoisotopic (exact) mass is 316 g/mol.